The largest absolute Gasteiger partial charge is 0.434 e. The average Bonchev–Trinajstić information content (AvgIpc) is 3.34. The highest BCUT2D eigenvalue weighted by atomic mass is 19.3. The van der Waals surface area contributed by atoms with Crippen LogP contribution >= 0.6 is 0 Å². The van der Waals surface area contributed by atoms with Gasteiger partial charge in [-0.3, -0.25) is 4.79 Å². The number of alkyl halides is 2. The number of rotatable bonds is 4. The molecule has 4 aromatic rings. The van der Waals surface area contributed by atoms with E-state index >= 15 is 0 Å². The summed E-state index contributed by atoms with van der Waals surface area (Å²) in [5.41, 5.74) is 10.3. The molecule has 182 valence electrons. The summed E-state index contributed by atoms with van der Waals surface area (Å²) in [5.74, 6) is 1.36. The van der Waals surface area contributed by atoms with Crippen LogP contribution in [0.5, 0.6) is 5.75 Å². The first-order chi connectivity index (χ1) is 17.4. The van der Waals surface area contributed by atoms with Gasteiger partial charge in [-0.2, -0.15) is 8.78 Å². The molecule has 3 heterocycles. The van der Waals surface area contributed by atoms with Gasteiger partial charge >= 0.3 is 6.61 Å². The van der Waals surface area contributed by atoms with Gasteiger partial charge in [-0.1, -0.05) is 18.2 Å². The zero-order valence-electron chi connectivity index (χ0n) is 19.3. The second kappa shape index (κ2) is 7.64. The molecule has 1 aliphatic heterocycles. The van der Waals surface area contributed by atoms with Crippen molar-refractivity contribution in [3.63, 3.8) is 0 Å². The lowest BCUT2D eigenvalue weighted by Crippen LogP contribution is -2.44. The van der Waals surface area contributed by atoms with Crippen LogP contribution in [0.1, 0.15) is 71.6 Å². The summed E-state index contributed by atoms with van der Waals surface area (Å²) < 4.78 is 33.4. The number of halogens is 2. The molecule has 0 saturated heterocycles. The first-order valence-corrected chi connectivity index (χ1v) is 12.2. The summed E-state index contributed by atoms with van der Waals surface area (Å²) in [6.07, 6.45) is 7.36. The number of fused-ring (bicyclic) bond motifs is 9. The number of benzene rings is 2. The number of nitrogens with zero attached hydrogens (tertiary/aromatic N) is 4. The number of hydrogen-bond acceptors (Lipinski definition) is 6. The number of ketones is 1. The van der Waals surface area contributed by atoms with E-state index in [1.165, 1.54) is 6.07 Å². The molecule has 3 aliphatic rings. The minimum atomic E-state index is -2.98. The van der Waals surface area contributed by atoms with Crippen molar-refractivity contribution >= 4 is 16.8 Å². The lowest BCUT2D eigenvalue weighted by atomic mass is 9.77. The Balaban J connectivity index is 1.35. The second-order valence-electron chi connectivity index (χ2n) is 10.0. The molecule has 1 fully saturated rings. The fraction of sp³-hybridized carbons (Fsp3) is 0.333. The standard InChI is InChI=1S/C27H23F2N5O2/c28-26(29)36-22-4-1-3-17-21(35)11-15-10-20(23(17)22)34-19-9-14(5-6-18(19)33-24(15)34)16-12-31-25(32-13-16)27(30)7-2-8-27/h1,3-6,9,12-13,15,20,26H,2,7-8,10-11,30H2/t15-,20+/m0/s1. The molecule has 2 aromatic carbocycles. The first kappa shape index (κ1) is 21.6. The Morgan fingerprint density at radius 2 is 1.92 bits per heavy atom. The van der Waals surface area contributed by atoms with Crippen LogP contribution in [0.15, 0.2) is 48.8 Å². The number of aromatic nitrogens is 4. The molecule has 0 amide bonds. The van der Waals surface area contributed by atoms with Crippen LogP contribution in [-0.4, -0.2) is 31.9 Å². The molecule has 7 rings (SSSR count). The fourth-order valence-corrected chi connectivity index (χ4v) is 5.99. The van der Waals surface area contributed by atoms with Gasteiger partial charge in [0.15, 0.2) is 5.78 Å². The third-order valence-corrected chi connectivity index (χ3v) is 7.93. The zero-order chi connectivity index (χ0) is 24.6. The molecule has 7 nitrogen and oxygen atoms in total. The minimum Gasteiger partial charge on any atom is -0.434 e. The van der Waals surface area contributed by atoms with E-state index in [9.17, 15) is 13.6 Å². The lowest BCUT2D eigenvalue weighted by molar-refractivity contribution is -0.0507. The van der Waals surface area contributed by atoms with Crippen LogP contribution in [-0.2, 0) is 5.54 Å². The summed E-state index contributed by atoms with van der Waals surface area (Å²) in [4.78, 5) is 27.0. The van der Waals surface area contributed by atoms with E-state index in [0.717, 1.165) is 47.2 Å². The third-order valence-electron chi connectivity index (χ3n) is 7.93. The van der Waals surface area contributed by atoms with Gasteiger partial charge in [0.05, 0.1) is 22.6 Å². The SMILES string of the molecule is NC1(c2ncc(-c3ccc4nc5n(c4c3)[C@@H]3C[C@H]5CC(=O)c4cccc(OC(F)F)c43)cn2)CCC1. The molecule has 2 bridgehead atoms. The molecule has 36 heavy (non-hydrogen) atoms. The summed E-state index contributed by atoms with van der Waals surface area (Å²) in [6, 6.07) is 10.4. The maximum absolute atomic E-state index is 13.2. The number of ether oxygens (including phenoxy) is 1. The predicted molar refractivity (Wildman–Crippen MR) is 128 cm³/mol. The zero-order valence-corrected chi connectivity index (χ0v) is 19.3. The number of nitrogens with two attached hydrogens (primary N) is 1. The smallest absolute Gasteiger partial charge is 0.387 e. The summed E-state index contributed by atoms with van der Waals surface area (Å²) >= 11 is 0. The molecule has 0 unspecified atom stereocenters. The highest BCUT2D eigenvalue weighted by Gasteiger charge is 2.42. The Morgan fingerprint density at radius 3 is 2.64 bits per heavy atom. The third kappa shape index (κ3) is 3.12. The molecule has 0 radical (unpaired) electrons. The summed E-state index contributed by atoms with van der Waals surface area (Å²) in [7, 11) is 0. The van der Waals surface area contributed by atoms with Crippen molar-refractivity contribution in [2.24, 2.45) is 5.73 Å². The van der Waals surface area contributed by atoms with Gasteiger partial charge in [0.25, 0.3) is 0 Å². The maximum Gasteiger partial charge on any atom is 0.387 e. The van der Waals surface area contributed by atoms with Crippen LogP contribution in [0, 0.1) is 0 Å². The van der Waals surface area contributed by atoms with Crippen LogP contribution in [0.3, 0.4) is 0 Å². The van der Waals surface area contributed by atoms with Gasteiger partial charge in [-0.15, -0.1) is 0 Å². The number of carbonyl (C=O) groups is 1. The molecule has 0 spiro atoms. The highest BCUT2D eigenvalue weighted by molar-refractivity contribution is 6.00. The Hall–Kier alpha value is -3.72. The van der Waals surface area contributed by atoms with Crippen molar-refractivity contribution in [1.29, 1.82) is 0 Å². The quantitative estimate of drug-likeness (QED) is 0.431. The molecule has 2 atom stereocenters. The molecule has 9 heteroatoms. The average molecular weight is 488 g/mol. The van der Waals surface area contributed by atoms with E-state index in [0.29, 0.717) is 23.4 Å². The van der Waals surface area contributed by atoms with E-state index in [1.54, 1.807) is 24.5 Å². The van der Waals surface area contributed by atoms with Gasteiger partial charge in [0, 0.05) is 41.4 Å². The van der Waals surface area contributed by atoms with Crippen LogP contribution in [0.2, 0.25) is 0 Å². The van der Waals surface area contributed by atoms with E-state index < -0.39 is 12.2 Å². The Kier molecular flexibility index (Phi) is 4.57. The Labute approximate surface area is 205 Å². The van der Waals surface area contributed by atoms with Gasteiger partial charge in [-0.25, -0.2) is 15.0 Å². The molecular formula is C27H23F2N5O2. The summed E-state index contributed by atoms with van der Waals surface area (Å²) in [6.45, 7) is -2.98. The van der Waals surface area contributed by atoms with Gasteiger partial charge < -0.3 is 15.0 Å². The van der Waals surface area contributed by atoms with Crippen molar-refractivity contribution < 1.29 is 18.3 Å². The number of hydrogen-bond donors (Lipinski definition) is 1. The van der Waals surface area contributed by atoms with Crippen LogP contribution < -0.4 is 10.5 Å². The molecule has 1 saturated carbocycles. The predicted octanol–water partition coefficient (Wildman–Crippen LogP) is 5.10. The number of Topliss-reactive ketones (excluding diaryl/α,β-unsaturated/α-hetero) is 1. The van der Waals surface area contributed by atoms with Gasteiger partial charge in [0.2, 0.25) is 0 Å². The van der Waals surface area contributed by atoms with E-state index in [4.69, 9.17) is 15.5 Å². The molecule has 2 aliphatic carbocycles. The van der Waals surface area contributed by atoms with Crippen molar-refractivity contribution in [3.8, 4) is 16.9 Å². The van der Waals surface area contributed by atoms with Crippen molar-refractivity contribution in [2.75, 3.05) is 0 Å². The fourth-order valence-electron chi connectivity index (χ4n) is 5.99. The number of imidazole rings is 1. The Bertz CT molecular complexity index is 1530. The Morgan fingerprint density at radius 1 is 1.11 bits per heavy atom. The lowest BCUT2D eigenvalue weighted by Gasteiger charge is -2.36. The van der Waals surface area contributed by atoms with Gasteiger partial charge in [-0.05, 0) is 49.4 Å². The normalized spacial score (nSPS) is 21.7. The molecule has 2 N–H and O–H groups in total. The topological polar surface area (TPSA) is 95.9 Å². The second-order valence-corrected chi connectivity index (χ2v) is 10.0. The van der Waals surface area contributed by atoms with E-state index in [2.05, 4.69) is 14.5 Å². The molecular weight excluding hydrogens is 464 g/mol. The summed E-state index contributed by atoms with van der Waals surface area (Å²) in [5, 5.41) is 0. The van der Waals surface area contributed by atoms with Crippen molar-refractivity contribution in [2.45, 2.75) is 56.2 Å². The highest BCUT2D eigenvalue weighted by Crippen LogP contribution is 2.50. The van der Waals surface area contributed by atoms with Crippen LogP contribution in [0.25, 0.3) is 22.2 Å². The minimum absolute atomic E-state index is 0.0445. The maximum atomic E-state index is 13.2. The van der Waals surface area contributed by atoms with E-state index in [1.807, 2.05) is 18.2 Å². The van der Waals surface area contributed by atoms with Crippen molar-refractivity contribution in [1.82, 2.24) is 19.5 Å². The van der Waals surface area contributed by atoms with E-state index in [-0.39, 0.29) is 29.9 Å². The first-order valence-electron chi connectivity index (χ1n) is 12.2. The number of carbonyl (C=O) groups excluding carboxylic acids is 1. The monoisotopic (exact) mass is 487 g/mol. The van der Waals surface area contributed by atoms with Crippen LogP contribution in [0.4, 0.5) is 8.78 Å². The van der Waals surface area contributed by atoms with Crippen molar-refractivity contribution in [3.05, 3.63) is 71.6 Å². The van der Waals surface area contributed by atoms with Gasteiger partial charge in [0.1, 0.15) is 17.4 Å². The molecule has 2 aromatic heterocycles.